The van der Waals surface area contributed by atoms with Gasteiger partial charge in [0.2, 0.25) is 0 Å². The Morgan fingerprint density at radius 3 is 2.56 bits per heavy atom. The van der Waals surface area contributed by atoms with Gasteiger partial charge in [-0.3, -0.25) is 9.59 Å². The first-order valence-electron chi connectivity index (χ1n) is 10.0. The normalized spacial score (nSPS) is 51.9. The lowest BCUT2D eigenvalue weighted by atomic mass is 9.46. The highest BCUT2D eigenvalue weighted by atomic mass is 79.9. The number of hydrogen-bond acceptors (Lipinski definition) is 5. The summed E-state index contributed by atoms with van der Waals surface area (Å²) in [6, 6.07) is 0. The van der Waals surface area contributed by atoms with E-state index in [1.165, 1.54) is 0 Å². The molecule has 6 heteroatoms. The Morgan fingerprint density at radius 2 is 1.89 bits per heavy atom. The highest BCUT2D eigenvalue weighted by Gasteiger charge is 2.67. The van der Waals surface area contributed by atoms with E-state index in [-0.39, 0.29) is 41.1 Å². The maximum atomic E-state index is 13.0. The number of aliphatic hydroxyl groups excluding tert-OH is 2. The van der Waals surface area contributed by atoms with Gasteiger partial charge in [0.25, 0.3) is 0 Å². The summed E-state index contributed by atoms with van der Waals surface area (Å²) in [4.78, 5) is 25.5. The summed E-state index contributed by atoms with van der Waals surface area (Å²) < 4.78 is 0. The van der Waals surface area contributed by atoms with E-state index in [1.54, 1.807) is 6.08 Å². The molecule has 0 saturated heterocycles. The third-order valence-corrected chi connectivity index (χ3v) is 9.19. The van der Waals surface area contributed by atoms with Gasteiger partial charge in [0.15, 0.2) is 5.78 Å². The molecule has 0 aromatic rings. The number of aliphatic hydroxyl groups is 3. The first-order valence-corrected chi connectivity index (χ1v) is 11.1. The average Bonchev–Trinajstić information content (AvgIpc) is 2.89. The van der Waals surface area contributed by atoms with Crippen molar-refractivity contribution in [2.24, 2.45) is 28.6 Å². The second-order valence-corrected chi connectivity index (χ2v) is 10.3. The molecule has 0 amide bonds. The number of allylic oxidation sites excluding steroid dienone is 1. The molecule has 0 heterocycles. The molecule has 0 radical (unpaired) electrons. The lowest BCUT2D eigenvalue weighted by Crippen LogP contribution is -2.61. The minimum Gasteiger partial charge on any atom is -0.390 e. The summed E-state index contributed by atoms with van der Waals surface area (Å²) in [6.45, 7) is 4.03. The van der Waals surface area contributed by atoms with Gasteiger partial charge in [0.1, 0.15) is 5.78 Å². The summed E-state index contributed by atoms with van der Waals surface area (Å²) >= 11 is 3.28. The molecule has 0 aromatic carbocycles. The number of alkyl halides is 1. The van der Waals surface area contributed by atoms with Gasteiger partial charge in [-0.15, -0.1) is 0 Å². The molecule has 3 fully saturated rings. The topological polar surface area (TPSA) is 94.8 Å². The Labute approximate surface area is 168 Å². The van der Waals surface area contributed by atoms with Gasteiger partial charge in [0, 0.05) is 17.3 Å². The third-order valence-electron chi connectivity index (χ3n) is 8.64. The standard InChI is InChI=1S/C21H29BrO5/c1-19-9-17(25)16(24)8-14(19)15(23)7-13-11(19)3-5-20(2)12(18(26)10-22)4-6-21(13,20)27/h7,11-12,14,16-17,24-25,27H,3-6,8-10H2,1-2H3. The number of Topliss-reactive ketones (excluding diaryl/α,β-unsaturated/α-hetero) is 1. The van der Waals surface area contributed by atoms with Gasteiger partial charge in [-0.2, -0.15) is 0 Å². The lowest BCUT2D eigenvalue weighted by Gasteiger charge is -2.59. The maximum Gasteiger partial charge on any atom is 0.159 e. The van der Waals surface area contributed by atoms with E-state index >= 15 is 0 Å². The predicted molar refractivity (Wildman–Crippen MR) is 103 cm³/mol. The van der Waals surface area contributed by atoms with E-state index in [1.807, 2.05) is 13.8 Å². The van der Waals surface area contributed by atoms with Crippen LogP contribution in [0.15, 0.2) is 11.6 Å². The molecule has 4 aliphatic carbocycles. The van der Waals surface area contributed by atoms with E-state index in [4.69, 9.17) is 0 Å². The largest absolute Gasteiger partial charge is 0.390 e. The quantitative estimate of drug-likeness (QED) is 0.571. The number of ketones is 2. The summed E-state index contributed by atoms with van der Waals surface area (Å²) in [7, 11) is 0. The fourth-order valence-electron chi connectivity index (χ4n) is 6.98. The molecule has 5 nitrogen and oxygen atoms in total. The first kappa shape index (κ1) is 19.7. The van der Waals surface area contributed by atoms with Crippen LogP contribution in [0.2, 0.25) is 0 Å². The van der Waals surface area contributed by atoms with Crippen LogP contribution < -0.4 is 0 Å². The zero-order valence-electron chi connectivity index (χ0n) is 15.9. The number of carbonyl (C=O) groups is 2. The summed E-state index contributed by atoms with van der Waals surface area (Å²) in [5, 5.41) is 32.5. The molecule has 3 N–H and O–H groups in total. The number of fused-ring (bicyclic) bond motifs is 5. The lowest BCUT2D eigenvalue weighted by molar-refractivity contribution is -0.153. The van der Waals surface area contributed by atoms with Gasteiger partial charge in [-0.05, 0) is 61.5 Å². The van der Waals surface area contributed by atoms with Crippen LogP contribution in [-0.4, -0.2) is 50.0 Å². The minimum absolute atomic E-state index is 0.00162. The SMILES string of the molecule is CC12CC(O)C(O)CC1C(=O)C=C1C2CCC2(C)C(C(=O)CBr)CCC12O. The third kappa shape index (κ3) is 2.46. The number of carbonyl (C=O) groups excluding carboxylic acids is 2. The Kier molecular flexibility index (Phi) is 4.55. The molecular weight excluding hydrogens is 412 g/mol. The molecule has 4 rings (SSSR count). The zero-order valence-corrected chi connectivity index (χ0v) is 17.5. The van der Waals surface area contributed by atoms with Crippen molar-refractivity contribution in [3.05, 3.63) is 11.6 Å². The van der Waals surface area contributed by atoms with Crippen LogP contribution in [-0.2, 0) is 9.59 Å². The molecule has 27 heavy (non-hydrogen) atoms. The van der Waals surface area contributed by atoms with E-state index in [0.717, 1.165) is 18.4 Å². The van der Waals surface area contributed by atoms with Gasteiger partial charge in [-0.1, -0.05) is 29.8 Å². The highest BCUT2D eigenvalue weighted by Crippen LogP contribution is 2.67. The van der Waals surface area contributed by atoms with Crippen molar-refractivity contribution in [3.63, 3.8) is 0 Å². The number of halogens is 1. The number of hydrogen-bond donors (Lipinski definition) is 3. The van der Waals surface area contributed by atoms with Crippen LogP contribution in [0.1, 0.15) is 52.4 Å². The van der Waals surface area contributed by atoms with E-state index in [9.17, 15) is 24.9 Å². The fraction of sp³-hybridized carbons (Fsp3) is 0.810. The fourth-order valence-corrected chi connectivity index (χ4v) is 7.37. The smallest absolute Gasteiger partial charge is 0.159 e. The molecule has 0 aromatic heterocycles. The molecular formula is C21H29BrO5. The molecule has 3 saturated carbocycles. The second kappa shape index (κ2) is 6.22. The molecule has 0 spiro atoms. The van der Waals surface area contributed by atoms with Crippen LogP contribution in [0, 0.1) is 28.6 Å². The van der Waals surface area contributed by atoms with Crippen molar-refractivity contribution in [3.8, 4) is 0 Å². The number of rotatable bonds is 2. The summed E-state index contributed by atoms with van der Waals surface area (Å²) in [6.07, 6.45) is 3.20. The van der Waals surface area contributed by atoms with Gasteiger partial charge < -0.3 is 15.3 Å². The van der Waals surface area contributed by atoms with Crippen molar-refractivity contribution in [1.82, 2.24) is 0 Å². The van der Waals surface area contributed by atoms with Gasteiger partial charge in [-0.25, -0.2) is 0 Å². The maximum absolute atomic E-state index is 13.0. The first-order chi connectivity index (χ1) is 12.6. The average molecular weight is 441 g/mol. The van der Waals surface area contributed by atoms with Crippen molar-refractivity contribution in [1.29, 1.82) is 0 Å². The van der Waals surface area contributed by atoms with Crippen LogP contribution in [0.25, 0.3) is 0 Å². The van der Waals surface area contributed by atoms with Gasteiger partial charge in [0.05, 0.1) is 23.1 Å². The minimum atomic E-state index is -1.15. The van der Waals surface area contributed by atoms with Crippen molar-refractivity contribution >= 4 is 27.5 Å². The van der Waals surface area contributed by atoms with Crippen LogP contribution in [0.5, 0.6) is 0 Å². The highest BCUT2D eigenvalue weighted by molar-refractivity contribution is 9.09. The van der Waals surface area contributed by atoms with Crippen molar-refractivity contribution in [2.75, 3.05) is 5.33 Å². The van der Waals surface area contributed by atoms with Crippen LogP contribution >= 0.6 is 15.9 Å². The van der Waals surface area contributed by atoms with Gasteiger partial charge >= 0.3 is 0 Å². The van der Waals surface area contributed by atoms with Crippen molar-refractivity contribution in [2.45, 2.75) is 70.2 Å². The summed E-state index contributed by atoms with van der Waals surface area (Å²) in [5.41, 5.74) is -1.40. The summed E-state index contributed by atoms with van der Waals surface area (Å²) in [5.74, 6) is -0.460. The van der Waals surface area contributed by atoms with E-state index in [2.05, 4.69) is 15.9 Å². The molecule has 150 valence electrons. The Balaban J connectivity index is 1.78. The Hall–Kier alpha value is -0.560. The van der Waals surface area contributed by atoms with Crippen LogP contribution in [0.3, 0.4) is 0 Å². The van der Waals surface area contributed by atoms with E-state index in [0.29, 0.717) is 19.3 Å². The molecule has 0 aliphatic heterocycles. The zero-order chi connectivity index (χ0) is 19.8. The monoisotopic (exact) mass is 440 g/mol. The molecule has 8 unspecified atom stereocenters. The molecule has 4 aliphatic rings. The second-order valence-electron chi connectivity index (χ2n) is 9.70. The molecule has 8 atom stereocenters. The van der Waals surface area contributed by atoms with E-state index < -0.39 is 28.6 Å². The van der Waals surface area contributed by atoms with Crippen molar-refractivity contribution < 1.29 is 24.9 Å². The Morgan fingerprint density at radius 1 is 1.19 bits per heavy atom. The Bertz CT molecular complexity index is 719. The van der Waals surface area contributed by atoms with Crippen LogP contribution in [0.4, 0.5) is 0 Å². The molecule has 0 bridgehead atoms. The predicted octanol–water partition coefficient (Wildman–Crippen LogP) is 2.16.